The van der Waals surface area contributed by atoms with Gasteiger partial charge in [-0.1, -0.05) is 109 Å². The maximum atomic E-state index is 2.41. The van der Waals surface area contributed by atoms with E-state index < -0.39 is 0 Å². The highest BCUT2D eigenvalue weighted by atomic mass is 32.1. The van der Waals surface area contributed by atoms with Crippen LogP contribution in [0.5, 0.6) is 0 Å². The number of thiophene rings is 1. The molecule has 8 aromatic rings. The zero-order valence-corrected chi connectivity index (χ0v) is 24.3. The lowest BCUT2D eigenvalue weighted by atomic mass is 9.78. The van der Waals surface area contributed by atoms with E-state index in [0.717, 1.165) is 12.8 Å². The first-order valence-corrected chi connectivity index (χ1v) is 15.6. The summed E-state index contributed by atoms with van der Waals surface area (Å²) in [6.07, 6.45) is 6.90. The second kappa shape index (κ2) is 9.14. The lowest BCUT2D eigenvalue weighted by Gasteiger charge is -2.25. The van der Waals surface area contributed by atoms with Gasteiger partial charge in [-0.25, -0.2) is 0 Å². The average Bonchev–Trinajstić information content (AvgIpc) is 3.39. The predicted octanol–water partition coefficient (Wildman–Crippen LogP) is 12.1. The summed E-state index contributed by atoms with van der Waals surface area (Å²) in [7, 11) is 0. The fourth-order valence-electron chi connectivity index (χ4n) is 7.37. The predicted molar refractivity (Wildman–Crippen MR) is 185 cm³/mol. The number of fused-ring (bicyclic) bond motifs is 7. The Balaban J connectivity index is 1.44. The molecule has 1 heteroatoms. The van der Waals surface area contributed by atoms with E-state index in [1.807, 2.05) is 11.3 Å². The number of hydrogen-bond acceptors (Lipinski definition) is 1. The molecule has 0 nitrogen and oxygen atoms in total. The summed E-state index contributed by atoms with van der Waals surface area (Å²) in [4.78, 5) is 0. The van der Waals surface area contributed by atoms with Gasteiger partial charge in [-0.2, -0.15) is 0 Å². The van der Waals surface area contributed by atoms with Gasteiger partial charge >= 0.3 is 0 Å². The van der Waals surface area contributed by atoms with Crippen LogP contribution in [0, 0.1) is 6.92 Å². The molecule has 0 radical (unpaired) electrons. The van der Waals surface area contributed by atoms with Crippen molar-refractivity contribution < 1.29 is 0 Å². The minimum absolute atomic E-state index is 1.05. The Labute approximate surface area is 249 Å². The van der Waals surface area contributed by atoms with Crippen molar-refractivity contribution in [2.24, 2.45) is 0 Å². The maximum absolute atomic E-state index is 2.41. The molecule has 0 bridgehead atoms. The lowest BCUT2D eigenvalue weighted by Crippen LogP contribution is -2.03. The zero-order chi connectivity index (χ0) is 27.8. The fraction of sp³-hybridized carbons (Fsp3) is 0.0732. The van der Waals surface area contributed by atoms with Gasteiger partial charge in [0.1, 0.15) is 0 Å². The van der Waals surface area contributed by atoms with Gasteiger partial charge in [0.25, 0.3) is 0 Å². The van der Waals surface area contributed by atoms with Crippen molar-refractivity contribution in [3.63, 3.8) is 0 Å². The normalized spacial score (nSPS) is 13.1. The van der Waals surface area contributed by atoms with Crippen LogP contribution in [0.1, 0.15) is 23.1 Å². The second-order valence-electron chi connectivity index (χ2n) is 11.6. The number of hydrogen-bond donors (Lipinski definition) is 0. The van der Waals surface area contributed by atoms with Gasteiger partial charge in [-0.05, 0) is 109 Å². The SMILES string of the molecule is Cc1cc(-c2c3c(c(-c4cccc5sc6cc7ccccc7cc6c45)c4ccccc24)C=CCC3)c2ccccc2c1. The first-order valence-electron chi connectivity index (χ1n) is 14.8. The van der Waals surface area contributed by atoms with Crippen LogP contribution in [-0.4, -0.2) is 0 Å². The summed E-state index contributed by atoms with van der Waals surface area (Å²) in [5.74, 6) is 0. The molecule has 0 aliphatic heterocycles. The van der Waals surface area contributed by atoms with Crippen LogP contribution in [0.4, 0.5) is 0 Å². The highest BCUT2D eigenvalue weighted by Gasteiger charge is 2.24. The van der Waals surface area contributed by atoms with Crippen LogP contribution >= 0.6 is 11.3 Å². The molecule has 42 heavy (non-hydrogen) atoms. The molecule has 1 heterocycles. The molecule has 0 spiro atoms. The van der Waals surface area contributed by atoms with Crippen LogP contribution in [-0.2, 0) is 6.42 Å². The molecule has 9 rings (SSSR count). The maximum Gasteiger partial charge on any atom is 0.0362 e. The largest absolute Gasteiger partial charge is 0.135 e. The fourth-order valence-corrected chi connectivity index (χ4v) is 8.53. The zero-order valence-electron chi connectivity index (χ0n) is 23.4. The van der Waals surface area contributed by atoms with Crippen LogP contribution < -0.4 is 0 Å². The average molecular weight is 553 g/mol. The Kier molecular flexibility index (Phi) is 5.21. The van der Waals surface area contributed by atoms with Crippen molar-refractivity contribution in [2.75, 3.05) is 0 Å². The molecule has 198 valence electrons. The molecule has 7 aromatic carbocycles. The molecule has 0 atom stereocenters. The van der Waals surface area contributed by atoms with Gasteiger partial charge in [-0.3, -0.25) is 0 Å². The number of benzene rings is 7. The molecule has 1 aromatic heterocycles. The molecule has 0 N–H and O–H groups in total. The number of rotatable bonds is 2. The van der Waals surface area contributed by atoms with Gasteiger partial charge in [0.05, 0.1) is 0 Å². The quantitative estimate of drug-likeness (QED) is 0.200. The summed E-state index contributed by atoms with van der Waals surface area (Å²) in [6, 6.07) is 43.1. The summed E-state index contributed by atoms with van der Waals surface area (Å²) < 4.78 is 2.71. The Hall–Kier alpha value is -4.72. The molecule has 1 aliphatic rings. The molecule has 0 saturated heterocycles. The highest BCUT2D eigenvalue weighted by molar-refractivity contribution is 7.26. The van der Waals surface area contributed by atoms with E-state index in [9.17, 15) is 0 Å². The lowest BCUT2D eigenvalue weighted by molar-refractivity contribution is 0.992. The summed E-state index contributed by atoms with van der Waals surface area (Å²) in [5.41, 5.74) is 9.63. The minimum Gasteiger partial charge on any atom is -0.135 e. The van der Waals surface area contributed by atoms with E-state index in [0.29, 0.717) is 0 Å². The Morgan fingerprint density at radius 1 is 0.548 bits per heavy atom. The smallest absolute Gasteiger partial charge is 0.0362 e. The molecule has 1 aliphatic carbocycles. The molecule has 0 amide bonds. The van der Waals surface area contributed by atoms with E-state index in [1.54, 1.807) is 0 Å². The molecular formula is C41H28S. The van der Waals surface area contributed by atoms with E-state index in [-0.39, 0.29) is 0 Å². The first-order chi connectivity index (χ1) is 20.7. The Morgan fingerprint density at radius 2 is 1.26 bits per heavy atom. The summed E-state index contributed by atoms with van der Waals surface area (Å²) in [6.45, 7) is 2.23. The van der Waals surface area contributed by atoms with Crippen molar-refractivity contribution in [2.45, 2.75) is 19.8 Å². The van der Waals surface area contributed by atoms with Crippen LogP contribution in [0.15, 0.2) is 121 Å². The third kappa shape index (κ3) is 3.47. The van der Waals surface area contributed by atoms with E-state index in [4.69, 9.17) is 0 Å². The van der Waals surface area contributed by atoms with E-state index in [1.165, 1.54) is 91.4 Å². The highest BCUT2D eigenvalue weighted by Crippen LogP contribution is 2.49. The number of aryl methyl sites for hydroxylation is 1. The van der Waals surface area contributed by atoms with Crippen LogP contribution in [0.25, 0.3) is 80.8 Å². The van der Waals surface area contributed by atoms with Crippen LogP contribution in [0.3, 0.4) is 0 Å². The second-order valence-corrected chi connectivity index (χ2v) is 12.7. The molecule has 0 saturated carbocycles. The Morgan fingerprint density at radius 3 is 2.10 bits per heavy atom. The Bertz CT molecular complexity index is 2420. The first kappa shape index (κ1) is 23.9. The van der Waals surface area contributed by atoms with E-state index in [2.05, 4.69) is 134 Å². The summed E-state index contributed by atoms with van der Waals surface area (Å²) in [5, 5.41) is 10.7. The number of allylic oxidation sites excluding steroid dienone is 1. The van der Waals surface area contributed by atoms with Crippen molar-refractivity contribution in [1.82, 2.24) is 0 Å². The third-order valence-electron chi connectivity index (χ3n) is 9.12. The van der Waals surface area contributed by atoms with Crippen molar-refractivity contribution in [3.05, 3.63) is 138 Å². The topological polar surface area (TPSA) is 0 Å². The molecule has 0 fully saturated rings. The van der Waals surface area contributed by atoms with Gasteiger partial charge in [0.2, 0.25) is 0 Å². The van der Waals surface area contributed by atoms with E-state index >= 15 is 0 Å². The standard InChI is InChI=1S/C41H28S/c1-25-21-28-13-4-5-14-29(28)35(22-25)40-32-17-8-6-15-30(32)39(31-16-7-9-18-33(31)40)34-19-10-20-37-41(34)36-23-26-11-2-3-12-27(26)24-38(36)42-37/h2-8,10-17,19-24H,9,18H2,1H3. The molecular weight excluding hydrogens is 525 g/mol. The minimum atomic E-state index is 1.05. The van der Waals surface area contributed by atoms with Crippen LogP contribution in [0.2, 0.25) is 0 Å². The third-order valence-corrected chi connectivity index (χ3v) is 10.2. The van der Waals surface area contributed by atoms with Gasteiger partial charge in [0, 0.05) is 20.2 Å². The van der Waals surface area contributed by atoms with Crippen molar-refractivity contribution >= 4 is 69.9 Å². The van der Waals surface area contributed by atoms with Gasteiger partial charge < -0.3 is 0 Å². The van der Waals surface area contributed by atoms with Gasteiger partial charge in [0.15, 0.2) is 0 Å². The molecule has 0 unspecified atom stereocenters. The van der Waals surface area contributed by atoms with Crippen molar-refractivity contribution in [3.8, 4) is 22.3 Å². The van der Waals surface area contributed by atoms with Gasteiger partial charge in [-0.15, -0.1) is 11.3 Å². The monoisotopic (exact) mass is 552 g/mol. The summed E-state index contributed by atoms with van der Waals surface area (Å²) >= 11 is 1.91. The van der Waals surface area contributed by atoms with Crippen molar-refractivity contribution in [1.29, 1.82) is 0 Å².